The van der Waals surface area contributed by atoms with E-state index in [0.29, 0.717) is 17.1 Å². The Bertz CT molecular complexity index is 912. The number of hydrogen-bond acceptors (Lipinski definition) is 5. The lowest BCUT2D eigenvalue weighted by molar-refractivity contribution is -0.141. The van der Waals surface area contributed by atoms with Crippen LogP contribution in [-0.4, -0.2) is 54.2 Å². The van der Waals surface area contributed by atoms with Crippen molar-refractivity contribution in [1.82, 2.24) is 9.88 Å². The van der Waals surface area contributed by atoms with Crippen molar-refractivity contribution in [1.29, 1.82) is 0 Å². The summed E-state index contributed by atoms with van der Waals surface area (Å²) in [6.45, 7) is 4.19. The summed E-state index contributed by atoms with van der Waals surface area (Å²) in [4.78, 5) is 30.7. The molecule has 3 rings (SSSR count). The summed E-state index contributed by atoms with van der Waals surface area (Å²) < 4.78 is 10.8. The highest BCUT2D eigenvalue weighted by atomic mass is 16.5. The number of hydrogen-bond donors (Lipinski definition) is 1. The molecule has 1 N–H and O–H groups in total. The highest BCUT2D eigenvalue weighted by Gasteiger charge is 2.42. The summed E-state index contributed by atoms with van der Waals surface area (Å²) in [5.41, 5.74) is 2.97. The van der Waals surface area contributed by atoms with Crippen LogP contribution in [0.4, 0.5) is 0 Å². The second kappa shape index (κ2) is 7.88. The Labute approximate surface area is 163 Å². The standard InChI is InChI=1S/C21H24N2O5/c1-12-8-14(9-22-13(12)2)20(24)23-10-16(17(11-23)21(25)26)15-6-5-7-18(27-3)19(15)28-4/h5-9,16-17H,10-11H2,1-4H3,(H,25,26)/t16-,17+/m0/s1. The number of aliphatic carboxylic acids is 1. The molecular formula is C21H24N2O5. The third-order valence-electron chi connectivity index (χ3n) is 5.34. The molecule has 1 aliphatic rings. The third kappa shape index (κ3) is 3.52. The summed E-state index contributed by atoms with van der Waals surface area (Å²) in [6.07, 6.45) is 1.54. The number of amides is 1. The molecule has 0 unspecified atom stereocenters. The van der Waals surface area contributed by atoms with Gasteiger partial charge < -0.3 is 19.5 Å². The van der Waals surface area contributed by atoms with Gasteiger partial charge in [-0.3, -0.25) is 14.6 Å². The normalized spacial score (nSPS) is 18.8. The fourth-order valence-electron chi connectivity index (χ4n) is 3.68. The smallest absolute Gasteiger partial charge is 0.308 e. The number of para-hydroxylation sites is 1. The van der Waals surface area contributed by atoms with Crippen molar-refractivity contribution in [2.45, 2.75) is 19.8 Å². The zero-order valence-corrected chi connectivity index (χ0v) is 16.4. The maximum Gasteiger partial charge on any atom is 0.308 e. The van der Waals surface area contributed by atoms with Crippen molar-refractivity contribution in [3.8, 4) is 11.5 Å². The van der Waals surface area contributed by atoms with Crippen LogP contribution in [0.15, 0.2) is 30.5 Å². The lowest BCUT2D eigenvalue weighted by Crippen LogP contribution is -2.30. The highest BCUT2D eigenvalue weighted by molar-refractivity contribution is 5.95. The molecule has 7 heteroatoms. The van der Waals surface area contributed by atoms with Gasteiger partial charge in [0.25, 0.3) is 5.91 Å². The average molecular weight is 384 g/mol. The van der Waals surface area contributed by atoms with Gasteiger partial charge >= 0.3 is 5.97 Å². The molecule has 0 radical (unpaired) electrons. The van der Waals surface area contributed by atoms with Crippen molar-refractivity contribution < 1.29 is 24.2 Å². The predicted octanol–water partition coefficient (Wildman–Crippen LogP) is 2.66. The van der Waals surface area contributed by atoms with E-state index < -0.39 is 17.8 Å². The largest absolute Gasteiger partial charge is 0.493 e. The minimum atomic E-state index is -0.941. The first-order valence-corrected chi connectivity index (χ1v) is 9.03. The second-order valence-corrected chi connectivity index (χ2v) is 6.97. The number of likely N-dealkylation sites (tertiary alicyclic amines) is 1. The molecule has 0 spiro atoms. The molecule has 0 aliphatic carbocycles. The van der Waals surface area contributed by atoms with Gasteiger partial charge in [0.05, 0.1) is 25.7 Å². The predicted molar refractivity (Wildman–Crippen MR) is 103 cm³/mol. The monoisotopic (exact) mass is 384 g/mol. The summed E-state index contributed by atoms with van der Waals surface area (Å²) in [6, 6.07) is 7.18. The lowest BCUT2D eigenvalue weighted by Gasteiger charge is -2.20. The SMILES string of the molecule is COc1cccc([C@@H]2CN(C(=O)c3cnc(C)c(C)c3)C[C@H]2C(=O)O)c1OC. The molecule has 148 valence electrons. The average Bonchev–Trinajstić information content (AvgIpc) is 3.14. The number of rotatable bonds is 5. The van der Waals surface area contributed by atoms with Crippen molar-refractivity contribution in [2.24, 2.45) is 5.92 Å². The quantitative estimate of drug-likeness (QED) is 0.853. The highest BCUT2D eigenvalue weighted by Crippen LogP contribution is 2.42. The van der Waals surface area contributed by atoms with E-state index in [9.17, 15) is 14.7 Å². The topological polar surface area (TPSA) is 89.0 Å². The van der Waals surface area contributed by atoms with Gasteiger partial charge in [-0.15, -0.1) is 0 Å². The van der Waals surface area contributed by atoms with Crippen LogP contribution in [0.25, 0.3) is 0 Å². The first-order chi connectivity index (χ1) is 13.4. The minimum absolute atomic E-state index is 0.131. The number of methoxy groups -OCH3 is 2. The van der Waals surface area contributed by atoms with Crippen LogP contribution in [0, 0.1) is 19.8 Å². The van der Waals surface area contributed by atoms with Crippen molar-refractivity contribution >= 4 is 11.9 Å². The van der Waals surface area contributed by atoms with Gasteiger partial charge in [0.15, 0.2) is 11.5 Å². The van der Waals surface area contributed by atoms with Crippen LogP contribution in [0.2, 0.25) is 0 Å². The van der Waals surface area contributed by atoms with E-state index in [4.69, 9.17) is 9.47 Å². The summed E-state index contributed by atoms with van der Waals surface area (Å²) >= 11 is 0. The van der Waals surface area contributed by atoms with Gasteiger partial charge in [0.1, 0.15) is 0 Å². The van der Waals surface area contributed by atoms with Crippen LogP contribution < -0.4 is 9.47 Å². The Morgan fingerprint density at radius 2 is 1.93 bits per heavy atom. The van der Waals surface area contributed by atoms with Gasteiger partial charge in [0, 0.05) is 36.5 Å². The first kappa shape index (κ1) is 19.7. The van der Waals surface area contributed by atoms with Crippen molar-refractivity contribution in [3.05, 3.63) is 52.8 Å². The first-order valence-electron chi connectivity index (χ1n) is 9.03. The zero-order valence-electron chi connectivity index (χ0n) is 16.4. The molecule has 2 heterocycles. The van der Waals surface area contributed by atoms with Crippen LogP contribution >= 0.6 is 0 Å². The molecule has 28 heavy (non-hydrogen) atoms. The minimum Gasteiger partial charge on any atom is -0.493 e. The zero-order chi connectivity index (χ0) is 20.4. The Balaban J connectivity index is 1.95. The van der Waals surface area contributed by atoms with E-state index in [1.54, 1.807) is 29.3 Å². The molecule has 0 saturated carbocycles. The third-order valence-corrected chi connectivity index (χ3v) is 5.34. The number of carboxylic acid groups (broad SMARTS) is 1. The fraction of sp³-hybridized carbons (Fsp3) is 0.381. The molecule has 1 aromatic carbocycles. The van der Waals surface area contributed by atoms with E-state index in [1.165, 1.54) is 14.2 Å². The molecule has 1 aromatic heterocycles. The molecule has 2 atom stereocenters. The Morgan fingerprint density at radius 3 is 2.54 bits per heavy atom. The summed E-state index contributed by atoms with van der Waals surface area (Å²) in [7, 11) is 3.06. The molecular weight excluding hydrogens is 360 g/mol. The number of benzene rings is 1. The van der Waals surface area contributed by atoms with E-state index in [1.807, 2.05) is 19.9 Å². The van der Waals surface area contributed by atoms with Gasteiger partial charge in [-0.1, -0.05) is 12.1 Å². The van der Waals surface area contributed by atoms with Crippen molar-refractivity contribution in [2.75, 3.05) is 27.3 Å². The number of carbonyl (C=O) groups excluding carboxylic acids is 1. The molecule has 1 saturated heterocycles. The van der Waals surface area contributed by atoms with Gasteiger partial charge in [-0.25, -0.2) is 0 Å². The number of aromatic nitrogens is 1. The van der Waals surface area contributed by atoms with E-state index in [0.717, 1.165) is 16.8 Å². The van der Waals surface area contributed by atoms with Crippen LogP contribution in [0.5, 0.6) is 11.5 Å². The lowest BCUT2D eigenvalue weighted by atomic mass is 9.88. The maximum atomic E-state index is 13.0. The van der Waals surface area contributed by atoms with Crippen LogP contribution in [-0.2, 0) is 4.79 Å². The molecule has 7 nitrogen and oxygen atoms in total. The van der Waals surface area contributed by atoms with E-state index in [-0.39, 0.29) is 19.0 Å². The van der Waals surface area contributed by atoms with Crippen molar-refractivity contribution in [3.63, 3.8) is 0 Å². The number of aryl methyl sites for hydroxylation is 2. The van der Waals surface area contributed by atoms with Gasteiger partial charge in [-0.05, 0) is 31.5 Å². The second-order valence-electron chi connectivity index (χ2n) is 6.97. The maximum absolute atomic E-state index is 13.0. The molecule has 1 amide bonds. The van der Waals surface area contributed by atoms with Gasteiger partial charge in [0.2, 0.25) is 0 Å². The molecule has 1 fully saturated rings. The molecule has 0 bridgehead atoms. The van der Waals surface area contributed by atoms with E-state index >= 15 is 0 Å². The number of ether oxygens (including phenoxy) is 2. The molecule has 1 aliphatic heterocycles. The summed E-state index contributed by atoms with van der Waals surface area (Å²) in [5.74, 6) is -1.25. The van der Waals surface area contributed by atoms with Crippen LogP contribution in [0.3, 0.4) is 0 Å². The fourth-order valence-corrected chi connectivity index (χ4v) is 3.68. The summed E-state index contributed by atoms with van der Waals surface area (Å²) in [5, 5.41) is 9.76. The number of nitrogens with zero attached hydrogens (tertiary/aromatic N) is 2. The Morgan fingerprint density at radius 1 is 1.18 bits per heavy atom. The number of pyridine rings is 1. The Kier molecular flexibility index (Phi) is 5.53. The van der Waals surface area contributed by atoms with Gasteiger partial charge in [-0.2, -0.15) is 0 Å². The number of carboxylic acids is 1. The van der Waals surface area contributed by atoms with E-state index in [2.05, 4.69) is 4.98 Å². The number of carbonyl (C=O) groups is 2. The van der Waals surface area contributed by atoms with Crippen LogP contribution in [0.1, 0.15) is 33.1 Å². The Hall–Kier alpha value is -3.09. The molecule has 2 aromatic rings.